The van der Waals surface area contributed by atoms with Crippen molar-refractivity contribution in [1.29, 1.82) is 0 Å². The Balaban J connectivity index is 1.43. The summed E-state index contributed by atoms with van der Waals surface area (Å²) in [5.74, 6) is 3.98. The molecule has 4 rings (SSSR count). The second kappa shape index (κ2) is 7.43. The molecule has 2 aliphatic rings. The van der Waals surface area contributed by atoms with Crippen LogP contribution in [0.2, 0.25) is 0 Å². The minimum absolute atomic E-state index is 0.837. The maximum atomic E-state index is 4.59. The maximum absolute atomic E-state index is 4.59. The number of hydrogen-bond acceptors (Lipinski definition) is 7. The summed E-state index contributed by atoms with van der Waals surface area (Å²) in [6, 6.07) is 4.22. The molecule has 0 spiro atoms. The molecule has 2 aliphatic heterocycles. The molecule has 0 radical (unpaired) electrons. The van der Waals surface area contributed by atoms with Gasteiger partial charge in [0, 0.05) is 57.1 Å². The lowest BCUT2D eigenvalue weighted by molar-refractivity contribution is 0.572. The predicted molar refractivity (Wildman–Crippen MR) is 104 cm³/mol. The van der Waals surface area contributed by atoms with Crippen LogP contribution in [-0.4, -0.2) is 59.2 Å². The monoisotopic (exact) mass is 353 g/mol. The molecule has 0 bridgehead atoms. The van der Waals surface area contributed by atoms with Gasteiger partial charge in [0.1, 0.15) is 29.6 Å². The summed E-state index contributed by atoms with van der Waals surface area (Å²) in [5.41, 5.74) is 1.02. The lowest BCUT2D eigenvalue weighted by atomic mass is 10.1. The van der Waals surface area contributed by atoms with Crippen molar-refractivity contribution in [2.24, 2.45) is 0 Å². The zero-order valence-electron chi connectivity index (χ0n) is 15.7. The molecule has 0 unspecified atom stereocenters. The number of aryl methyl sites for hydroxylation is 2. The van der Waals surface area contributed by atoms with E-state index in [1.807, 2.05) is 13.8 Å². The highest BCUT2D eigenvalue weighted by Gasteiger charge is 2.21. The van der Waals surface area contributed by atoms with Gasteiger partial charge in [-0.15, -0.1) is 0 Å². The van der Waals surface area contributed by atoms with Crippen molar-refractivity contribution in [2.75, 3.05) is 54.0 Å². The van der Waals surface area contributed by atoms with Crippen molar-refractivity contribution in [1.82, 2.24) is 19.9 Å². The van der Waals surface area contributed by atoms with Gasteiger partial charge in [0.15, 0.2) is 0 Å². The van der Waals surface area contributed by atoms with Crippen LogP contribution >= 0.6 is 0 Å². The number of anilines is 3. The summed E-state index contributed by atoms with van der Waals surface area (Å²) in [6.07, 6.45) is 5.56. The van der Waals surface area contributed by atoms with E-state index >= 15 is 0 Å². The minimum atomic E-state index is 0.837. The van der Waals surface area contributed by atoms with Crippen LogP contribution in [0.1, 0.15) is 30.8 Å². The van der Waals surface area contributed by atoms with Crippen LogP contribution in [0.3, 0.4) is 0 Å². The van der Waals surface area contributed by atoms with Crippen LogP contribution in [0.5, 0.6) is 0 Å². The molecule has 2 saturated heterocycles. The quantitative estimate of drug-likeness (QED) is 0.838. The van der Waals surface area contributed by atoms with Gasteiger partial charge in [-0.05, 0) is 33.1 Å². The molecule has 0 saturated carbocycles. The maximum Gasteiger partial charge on any atom is 0.134 e. The second-order valence-corrected chi connectivity index (χ2v) is 7.17. The molecular formula is C19H27N7. The number of aromatic nitrogens is 4. The van der Waals surface area contributed by atoms with Gasteiger partial charge in [-0.25, -0.2) is 19.9 Å². The summed E-state index contributed by atoms with van der Waals surface area (Å²) < 4.78 is 0. The standard InChI is InChI=1S/C19H27N7/c1-15-12-19(23-16(2)22-15)26-10-8-25(9-11-26)18-13-17(20-14-21-18)24-6-4-3-5-7-24/h12-14H,3-11H2,1-2H3. The Hall–Kier alpha value is -2.44. The lowest BCUT2D eigenvalue weighted by Gasteiger charge is -2.36. The van der Waals surface area contributed by atoms with Gasteiger partial charge in [0.25, 0.3) is 0 Å². The molecule has 0 amide bonds. The third kappa shape index (κ3) is 3.71. The number of piperidine rings is 1. The molecular weight excluding hydrogens is 326 g/mol. The first kappa shape index (κ1) is 17.0. The van der Waals surface area contributed by atoms with Crippen LogP contribution in [-0.2, 0) is 0 Å². The Morgan fingerprint density at radius 3 is 1.85 bits per heavy atom. The lowest BCUT2D eigenvalue weighted by Crippen LogP contribution is -2.47. The van der Waals surface area contributed by atoms with E-state index in [9.17, 15) is 0 Å². The van der Waals surface area contributed by atoms with Crippen molar-refractivity contribution < 1.29 is 0 Å². The van der Waals surface area contributed by atoms with Gasteiger partial charge < -0.3 is 14.7 Å². The molecule has 0 aromatic carbocycles. The third-order valence-corrected chi connectivity index (χ3v) is 5.20. The first-order valence-corrected chi connectivity index (χ1v) is 9.58. The van der Waals surface area contributed by atoms with E-state index in [4.69, 9.17) is 0 Å². The van der Waals surface area contributed by atoms with Crippen molar-refractivity contribution in [3.05, 3.63) is 30.0 Å². The normalized spacial score (nSPS) is 18.3. The van der Waals surface area contributed by atoms with E-state index in [2.05, 4.69) is 46.8 Å². The highest BCUT2D eigenvalue weighted by molar-refractivity contribution is 5.52. The second-order valence-electron chi connectivity index (χ2n) is 7.17. The van der Waals surface area contributed by atoms with Crippen LogP contribution in [0.15, 0.2) is 18.5 Å². The molecule has 138 valence electrons. The molecule has 4 heterocycles. The third-order valence-electron chi connectivity index (χ3n) is 5.20. The Morgan fingerprint density at radius 1 is 0.654 bits per heavy atom. The Bertz CT molecular complexity index is 729. The van der Waals surface area contributed by atoms with E-state index in [1.54, 1.807) is 6.33 Å². The van der Waals surface area contributed by atoms with Gasteiger partial charge in [-0.3, -0.25) is 0 Å². The largest absolute Gasteiger partial charge is 0.356 e. The molecule has 0 N–H and O–H groups in total. The minimum Gasteiger partial charge on any atom is -0.356 e. The van der Waals surface area contributed by atoms with Crippen LogP contribution in [0, 0.1) is 13.8 Å². The Labute approximate surface area is 155 Å². The van der Waals surface area contributed by atoms with Gasteiger partial charge in [0.05, 0.1) is 0 Å². The van der Waals surface area contributed by atoms with Gasteiger partial charge in [-0.2, -0.15) is 0 Å². The molecule has 7 nitrogen and oxygen atoms in total. The average molecular weight is 353 g/mol. The topological polar surface area (TPSA) is 61.3 Å². The van der Waals surface area contributed by atoms with Gasteiger partial charge >= 0.3 is 0 Å². The van der Waals surface area contributed by atoms with Gasteiger partial charge in [0.2, 0.25) is 0 Å². The predicted octanol–water partition coefficient (Wildman–Crippen LogP) is 2.20. The highest BCUT2D eigenvalue weighted by Crippen LogP contribution is 2.23. The Kier molecular flexibility index (Phi) is 4.86. The summed E-state index contributed by atoms with van der Waals surface area (Å²) in [6.45, 7) is 9.97. The molecule has 2 aromatic heterocycles. The fourth-order valence-corrected chi connectivity index (χ4v) is 3.83. The number of piperazine rings is 1. The molecule has 0 aliphatic carbocycles. The molecule has 2 fully saturated rings. The molecule has 7 heteroatoms. The number of rotatable bonds is 3. The highest BCUT2D eigenvalue weighted by atomic mass is 15.3. The van der Waals surface area contributed by atoms with Crippen molar-refractivity contribution >= 4 is 17.5 Å². The summed E-state index contributed by atoms with van der Waals surface area (Å²) in [7, 11) is 0. The molecule has 26 heavy (non-hydrogen) atoms. The molecule has 2 aromatic rings. The smallest absolute Gasteiger partial charge is 0.134 e. The fraction of sp³-hybridized carbons (Fsp3) is 0.579. The first-order chi connectivity index (χ1) is 12.7. The van der Waals surface area contributed by atoms with Crippen LogP contribution < -0.4 is 14.7 Å². The summed E-state index contributed by atoms with van der Waals surface area (Å²) >= 11 is 0. The van der Waals surface area contributed by atoms with Crippen LogP contribution in [0.4, 0.5) is 17.5 Å². The van der Waals surface area contributed by atoms with Crippen LogP contribution in [0.25, 0.3) is 0 Å². The fourth-order valence-electron chi connectivity index (χ4n) is 3.83. The zero-order chi connectivity index (χ0) is 17.9. The van der Waals surface area contributed by atoms with Crippen molar-refractivity contribution in [3.8, 4) is 0 Å². The van der Waals surface area contributed by atoms with Gasteiger partial charge in [-0.1, -0.05) is 0 Å². The van der Waals surface area contributed by atoms with E-state index in [0.717, 1.165) is 68.2 Å². The van der Waals surface area contributed by atoms with E-state index in [0.29, 0.717) is 0 Å². The zero-order valence-corrected chi connectivity index (χ0v) is 15.7. The number of hydrogen-bond donors (Lipinski definition) is 0. The van der Waals surface area contributed by atoms with E-state index in [1.165, 1.54) is 19.3 Å². The van der Waals surface area contributed by atoms with E-state index in [-0.39, 0.29) is 0 Å². The SMILES string of the molecule is Cc1cc(N2CCN(c3cc(N4CCCCC4)ncn3)CC2)nc(C)n1. The van der Waals surface area contributed by atoms with E-state index < -0.39 is 0 Å². The van der Waals surface area contributed by atoms with Crippen molar-refractivity contribution in [3.63, 3.8) is 0 Å². The van der Waals surface area contributed by atoms with Crippen molar-refractivity contribution in [2.45, 2.75) is 33.1 Å². The molecule has 0 atom stereocenters. The average Bonchev–Trinajstić information content (AvgIpc) is 2.68. The summed E-state index contributed by atoms with van der Waals surface area (Å²) in [5, 5.41) is 0. The number of nitrogens with zero attached hydrogens (tertiary/aromatic N) is 7. The Morgan fingerprint density at radius 2 is 1.23 bits per heavy atom. The summed E-state index contributed by atoms with van der Waals surface area (Å²) in [4.78, 5) is 25.1. The first-order valence-electron chi connectivity index (χ1n) is 9.58.